The van der Waals surface area contributed by atoms with Crippen molar-refractivity contribution in [2.75, 3.05) is 13.7 Å². The maximum Gasteiger partial charge on any atom is 0.260 e. The van der Waals surface area contributed by atoms with Gasteiger partial charge in [-0.15, -0.1) is 0 Å². The van der Waals surface area contributed by atoms with Crippen molar-refractivity contribution in [2.45, 2.75) is 13.0 Å². The standard InChI is InChI=1S/C19H19FN4O2/c1-14(15-3-7-17(8-4-15)24-13-21-12-22-24)23(2)19(25)11-26-18-9-5-16(20)6-10-18/h3-10,12-14H,11H2,1-2H3. The molecule has 1 unspecified atom stereocenters. The summed E-state index contributed by atoms with van der Waals surface area (Å²) < 4.78 is 20.0. The number of hydrogen-bond donors (Lipinski definition) is 0. The molecule has 1 aromatic heterocycles. The molecule has 134 valence electrons. The van der Waals surface area contributed by atoms with Crippen LogP contribution in [0, 0.1) is 5.82 Å². The molecule has 1 heterocycles. The number of carbonyl (C=O) groups is 1. The van der Waals surface area contributed by atoms with Crippen LogP contribution in [0.4, 0.5) is 4.39 Å². The molecule has 1 atom stereocenters. The maximum atomic E-state index is 12.9. The number of rotatable bonds is 6. The number of likely N-dealkylation sites (N-methyl/N-ethyl adjacent to an activating group) is 1. The molecule has 0 N–H and O–H groups in total. The van der Waals surface area contributed by atoms with Crippen LogP contribution in [0.15, 0.2) is 61.2 Å². The van der Waals surface area contributed by atoms with E-state index in [4.69, 9.17) is 4.74 Å². The highest BCUT2D eigenvalue weighted by atomic mass is 19.1. The van der Waals surface area contributed by atoms with Crippen molar-refractivity contribution in [1.29, 1.82) is 0 Å². The SMILES string of the molecule is CC(c1ccc(-n2cncn2)cc1)N(C)C(=O)COc1ccc(F)cc1. The molecule has 0 aliphatic heterocycles. The summed E-state index contributed by atoms with van der Waals surface area (Å²) in [6.07, 6.45) is 3.10. The Hall–Kier alpha value is -3.22. The van der Waals surface area contributed by atoms with Gasteiger partial charge in [0.1, 0.15) is 24.2 Å². The van der Waals surface area contributed by atoms with Crippen LogP contribution >= 0.6 is 0 Å². The van der Waals surface area contributed by atoms with Crippen molar-refractivity contribution in [3.63, 3.8) is 0 Å². The Morgan fingerprint density at radius 3 is 2.50 bits per heavy atom. The molecule has 0 radical (unpaired) electrons. The normalized spacial score (nSPS) is 11.8. The summed E-state index contributed by atoms with van der Waals surface area (Å²) in [7, 11) is 1.73. The predicted molar refractivity (Wildman–Crippen MR) is 94.4 cm³/mol. The van der Waals surface area contributed by atoms with E-state index in [-0.39, 0.29) is 24.4 Å². The van der Waals surface area contributed by atoms with Crippen LogP contribution in [0.25, 0.3) is 5.69 Å². The van der Waals surface area contributed by atoms with Gasteiger partial charge < -0.3 is 9.64 Å². The van der Waals surface area contributed by atoms with Crippen molar-refractivity contribution in [1.82, 2.24) is 19.7 Å². The molecule has 0 aliphatic carbocycles. The van der Waals surface area contributed by atoms with Gasteiger partial charge in [-0.2, -0.15) is 5.10 Å². The Labute approximate surface area is 150 Å². The van der Waals surface area contributed by atoms with E-state index < -0.39 is 0 Å². The highest BCUT2D eigenvalue weighted by Crippen LogP contribution is 2.20. The van der Waals surface area contributed by atoms with Crippen LogP contribution < -0.4 is 4.74 Å². The van der Waals surface area contributed by atoms with Crippen molar-refractivity contribution >= 4 is 5.91 Å². The van der Waals surface area contributed by atoms with Gasteiger partial charge in [-0.3, -0.25) is 4.79 Å². The lowest BCUT2D eigenvalue weighted by atomic mass is 10.1. The molecule has 2 aromatic carbocycles. The second kappa shape index (κ2) is 7.77. The number of carbonyl (C=O) groups excluding carboxylic acids is 1. The summed E-state index contributed by atoms with van der Waals surface area (Å²) in [6, 6.07) is 13.2. The Bertz CT molecular complexity index is 848. The zero-order chi connectivity index (χ0) is 18.5. The number of halogens is 1. The van der Waals surface area contributed by atoms with E-state index in [1.165, 1.54) is 30.6 Å². The molecule has 1 amide bonds. The Balaban J connectivity index is 1.60. The highest BCUT2D eigenvalue weighted by Gasteiger charge is 2.18. The van der Waals surface area contributed by atoms with Crippen molar-refractivity contribution in [3.8, 4) is 11.4 Å². The first-order valence-corrected chi connectivity index (χ1v) is 8.13. The van der Waals surface area contributed by atoms with E-state index in [1.807, 2.05) is 31.2 Å². The first-order valence-electron chi connectivity index (χ1n) is 8.13. The first kappa shape index (κ1) is 17.6. The highest BCUT2D eigenvalue weighted by molar-refractivity contribution is 5.78. The summed E-state index contributed by atoms with van der Waals surface area (Å²) in [5.41, 5.74) is 1.89. The molecule has 6 nitrogen and oxygen atoms in total. The minimum atomic E-state index is -0.344. The van der Waals surface area contributed by atoms with Gasteiger partial charge in [0, 0.05) is 7.05 Å². The number of amides is 1. The van der Waals surface area contributed by atoms with Crippen molar-refractivity contribution in [3.05, 3.63) is 72.6 Å². The molecular weight excluding hydrogens is 335 g/mol. The summed E-state index contributed by atoms with van der Waals surface area (Å²) >= 11 is 0. The average Bonchev–Trinajstić information content (AvgIpc) is 3.21. The van der Waals surface area contributed by atoms with Crippen molar-refractivity contribution < 1.29 is 13.9 Å². The summed E-state index contributed by atoms with van der Waals surface area (Å²) in [5, 5.41) is 4.08. The second-order valence-corrected chi connectivity index (χ2v) is 5.85. The van der Waals surface area contributed by atoms with Crippen LogP contribution in [0.2, 0.25) is 0 Å². The zero-order valence-corrected chi connectivity index (χ0v) is 14.5. The lowest BCUT2D eigenvalue weighted by Crippen LogP contribution is -2.33. The van der Waals surface area contributed by atoms with Crippen LogP contribution in [0.5, 0.6) is 5.75 Å². The third kappa shape index (κ3) is 4.05. The van der Waals surface area contributed by atoms with Crippen LogP contribution in [-0.4, -0.2) is 39.2 Å². The number of hydrogen-bond acceptors (Lipinski definition) is 4. The smallest absolute Gasteiger partial charge is 0.260 e. The maximum absolute atomic E-state index is 12.9. The van der Waals surface area contributed by atoms with E-state index >= 15 is 0 Å². The van der Waals surface area contributed by atoms with Gasteiger partial charge in [0.15, 0.2) is 6.61 Å². The molecule has 0 saturated carbocycles. The lowest BCUT2D eigenvalue weighted by molar-refractivity contribution is -0.134. The molecule has 0 saturated heterocycles. The molecular formula is C19H19FN4O2. The third-order valence-corrected chi connectivity index (χ3v) is 4.21. The fourth-order valence-corrected chi connectivity index (χ4v) is 2.46. The number of benzene rings is 2. The molecule has 0 spiro atoms. The number of nitrogens with zero attached hydrogens (tertiary/aromatic N) is 4. The van der Waals surface area contributed by atoms with Crippen molar-refractivity contribution in [2.24, 2.45) is 0 Å². The Kier molecular flexibility index (Phi) is 5.26. The molecule has 3 rings (SSSR count). The zero-order valence-electron chi connectivity index (χ0n) is 14.5. The van der Waals surface area contributed by atoms with Crippen LogP contribution in [-0.2, 0) is 4.79 Å². The van der Waals surface area contributed by atoms with Crippen LogP contribution in [0.1, 0.15) is 18.5 Å². The average molecular weight is 354 g/mol. The summed E-state index contributed by atoms with van der Waals surface area (Å²) in [6.45, 7) is 1.84. The van der Waals surface area contributed by atoms with Gasteiger partial charge in [0.25, 0.3) is 5.91 Å². The van der Waals surface area contributed by atoms with Gasteiger partial charge in [-0.25, -0.2) is 14.1 Å². The van der Waals surface area contributed by atoms with Gasteiger partial charge in [0.05, 0.1) is 11.7 Å². The molecule has 0 fully saturated rings. The van der Waals surface area contributed by atoms with Gasteiger partial charge >= 0.3 is 0 Å². The van der Waals surface area contributed by atoms with E-state index in [9.17, 15) is 9.18 Å². The Morgan fingerprint density at radius 1 is 1.19 bits per heavy atom. The molecule has 0 aliphatic rings. The predicted octanol–water partition coefficient (Wildman–Crippen LogP) is 3.00. The topological polar surface area (TPSA) is 60.2 Å². The van der Waals surface area contributed by atoms with E-state index in [0.29, 0.717) is 5.75 Å². The summed E-state index contributed by atoms with van der Waals surface area (Å²) in [4.78, 5) is 17.9. The fraction of sp³-hybridized carbons (Fsp3) is 0.211. The monoisotopic (exact) mass is 354 g/mol. The molecule has 7 heteroatoms. The largest absolute Gasteiger partial charge is 0.484 e. The minimum absolute atomic E-state index is 0.108. The van der Waals surface area contributed by atoms with Crippen LogP contribution in [0.3, 0.4) is 0 Å². The fourth-order valence-electron chi connectivity index (χ4n) is 2.46. The van der Waals surface area contributed by atoms with E-state index in [2.05, 4.69) is 10.1 Å². The molecule has 26 heavy (non-hydrogen) atoms. The molecule has 0 bridgehead atoms. The molecule has 3 aromatic rings. The lowest BCUT2D eigenvalue weighted by Gasteiger charge is -2.25. The van der Waals surface area contributed by atoms with Gasteiger partial charge in [0.2, 0.25) is 0 Å². The third-order valence-electron chi connectivity index (χ3n) is 4.21. The van der Waals surface area contributed by atoms with Gasteiger partial charge in [-0.1, -0.05) is 12.1 Å². The van der Waals surface area contributed by atoms with Gasteiger partial charge in [-0.05, 0) is 48.9 Å². The second-order valence-electron chi connectivity index (χ2n) is 5.85. The Morgan fingerprint density at radius 2 is 1.88 bits per heavy atom. The first-order chi connectivity index (χ1) is 12.5. The quantitative estimate of drug-likeness (QED) is 0.683. The minimum Gasteiger partial charge on any atom is -0.484 e. The number of aromatic nitrogens is 3. The van der Waals surface area contributed by atoms with E-state index in [0.717, 1.165) is 11.3 Å². The van der Waals surface area contributed by atoms with E-state index in [1.54, 1.807) is 23.0 Å². The summed E-state index contributed by atoms with van der Waals surface area (Å²) in [5.74, 6) is -0.0519. The number of ether oxygens (including phenoxy) is 1.